The van der Waals surface area contributed by atoms with Crippen molar-refractivity contribution in [2.45, 2.75) is 44.9 Å². The molecule has 1 aromatic rings. The average Bonchev–Trinajstić information content (AvgIpc) is 2.53. The number of nitrogens with one attached hydrogen (secondary N) is 1. The Morgan fingerprint density at radius 3 is 2.70 bits per heavy atom. The number of carbonyl (C=O) groups excluding carboxylic acids is 1. The van der Waals surface area contributed by atoms with E-state index in [1.165, 1.54) is 32.1 Å². The van der Waals surface area contributed by atoms with Crippen molar-refractivity contribution in [1.29, 1.82) is 0 Å². The third-order valence-corrected chi connectivity index (χ3v) is 4.63. The third kappa shape index (κ3) is 3.06. The maximum Gasteiger partial charge on any atom is 0.271 e. The van der Waals surface area contributed by atoms with Crippen LogP contribution in [0.1, 0.15) is 55.3 Å². The number of aromatic nitrogens is 1. The number of pyridine rings is 1. The van der Waals surface area contributed by atoms with Crippen LogP contribution in [0.2, 0.25) is 0 Å². The Morgan fingerprint density at radius 2 is 1.90 bits per heavy atom. The van der Waals surface area contributed by atoms with Gasteiger partial charge in [0.25, 0.3) is 5.91 Å². The number of amides is 1. The molecule has 2 aliphatic rings. The average molecular weight is 271 g/mol. The summed E-state index contributed by atoms with van der Waals surface area (Å²) >= 11 is 0. The van der Waals surface area contributed by atoms with Crippen LogP contribution in [0.3, 0.4) is 0 Å². The molecule has 0 radical (unpaired) electrons. The lowest BCUT2D eigenvalue weighted by atomic mass is 9.70. The molecular formula is C16H21N3O. The maximum atomic E-state index is 11.9. The van der Waals surface area contributed by atoms with E-state index in [0.717, 1.165) is 30.4 Å². The van der Waals surface area contributed by atoms with Gasteiger partial charge in [0.2, 0.25) is 0 Å². The molecule has 1 heterocycles. The number of nitrogens with zero attached hydrogens (tertiary/aromatic N) is 2. The number of fused-ring (bicyclic) bond motifs is 1. The van der Waals surface area contributed by atoms with Gasteiger partial charge in [-0.3, -0.25) is 9.78 Å². The van der Waals surface area contributed by atoms with Crippen molar-refractivity contribution in [3.8, 4) is 0 Å². The molecule has 20 heavy (non-hydrogen) atoms. The van der Waals surface area contributed by atoms with Crippen LogP contribution in [-0.2, 0) is 0 Å². The summed E-state index contributed by atoms with van der Waals surface area (Å²) in [6.07, 6.45) is 12.1. The molecule has 2 fully saturated rings. The topological polar surface area (TPSA) is 54.4 Å². The van der Waals surface area contributed by atoms with Gasteiger partial charge in [0.05, 0.1) is 0 Å². The van der Waals surface area contributed by atoms with Gasteiger partial charge in [-0.05, 0) is 49.7 Å². The lowest BCUT2D eigenvalue weighted by molar-refractivity contribution is 0.0954. The van der Waals surface area contributed by atoms with Gasteiger partial charge in [0.15, 0.2) is 0 Å². The van der Waals surface area contributed by atoms with E-state index in [0.29, 0.717) is 5.56 Å². The third-order valence-electron chi connectivity index (χ3n) is 4.63. The van der Waals surface area contributed by atoms with E-state index in [1.807, 2.05) is 0 Å². The van der Waals surface area contributed by atoms with Crippen LogP contribution in [0.5, 0.6) is 0 Å². The molecule has 0 aliphatic heterocycles. The summed E-state index contributed by atoms with van der Waals surface area (Å²) < 4.78 is 0. The minimum absolute atomic E-state index is 0.148. The molecule has 2 atom stereocenters. The molecule has 106 valence electrons. The normalized spacial score (nSPS) is 27.9. The van der Waals surface area contributed by atoms with Crippen LogP contribution in [0.4, 0.5) is 0 Å². The molecule has 0 unspecified atom stereocenters. The van der Waals surface area contributed by atoms with Crippen LogP contribution in [-0.4, -0.2) is 16.6 Å². The molecule has 0 saturated heterocycles. The van der Waals surface area contributed by atoms with Gasteiger partial charge < -0.3 is 0 Å². The molecule has 2 aliphatic carbocycles. The van der Waals surface area contributed by atoms with Crippen molar-refractivity contribution in [3.63, 3.8) is 0 Å². The Bertz CT molecular complexity index is 498. The van der Waals surface area contributed by atoms with Crippen molar-refractivity contribution < 1.29 is 4.79 Å². The zero-order valence-corrected chi connectivity index (χ0v) is 11.7. The van der Waals surface area contributed by atoms with Crippen molar-refractivity contribution in [3.05, 3.63) is 30.1 Å². The first-order valence-corrected chi connectivity index (χ1v) is 7.59. The van der Waals surface area contributed by atoms with E-state index < -0.39 is 0 Å². The van der Waals surface area contributed by atoms with Gasteiger partial charge >= 0.3 is 0 Å². The zero-order valence-electron chi connectivity index (χ0n) is 11.7. The van der Waals surface area contributed by atoms with Crippen LogP contribution < -0.4 is 5.43 Å². The summed E-state index contributed by atoms with van der Waals surface area (Å²) in [4.78, 5) is 15.8. The second-order valence-electron chi connectivity index (χ2n) is 5.90. The number of rotatable bonds is 2. The van der Waals surface area contributed by atoms with Gasteiger partial charge in [0, 0.05) is 23.7 Å². The first-order valence-electron chi connectivity index (χ1n) is 7.59. The molecule has 0 aromatic carbocycles. The summed E-state index contributed by atoms with van der Waals surface area (Å²) in [6.45, 7) is 0. The van der Waals surface area contributed by atoms with Crippen molar-refractivity contribution in [2.75, 3.05) is 0 Å². The van der Waals surface area contributed by atoms with E-state index in [9.17, 15) is 4.79 Å². The molecule has 0 spiro atoms. The summed E-state index contributed by atoms with van der Waals surface area (Å²) in [5.74, 6) is 1.55. The molecule has 1 aromatic heterocycles. The lowest BCUT2D eigenvalue weighted by Crippen LogP contribution is -2.29. The molecule has 3 rings (SSSR count). The second kappa shape index (κ2) is 6.16. The molecule has 1 N–H and O–H groups in total. The molecule has 0 bridgehead atoms. The fraction of sp³-hybridized carbons (Fsp3) is 0.562. The van der Waals surface area contributed by atoms with Crippen molar-refractivity contribution in [1.82, 2.24) is 10.4 Å². The Labute approximate surface area is 119 Å². The van der Waals surface area contributed by atoms with Gasteiger partial charge in [-0.2, -0.15) is 5.10 Å². The van der Waals surface area contributed by atoms with Gasteiger partial charge in [-0.15, -0.1) is 0 Å². The lowest BCUT2D eigenvalue weighted by Gasteiger charge is -2.35. The Hall–Kier alpha value is -1.71. The molecule has 2 saturated carbocycles. The van der Waals surface area contributed by atoms with Crippen LogP contribution in [0.25, 0.3) is 0 Å². The van der Waals surface area contributed by atoms with Crippen LogP contribution in [0, 0.1) is 11.8 Å². The largest absolute Gasteiger partial charge is 0.271 e. The quantitative estimate of drug-likeness (QED) is 0.840. The maximum absolute atomic E-state index is 11.9. The Kier molecular flexibility index (Phi) is 4.09. The number of hydrogen-bond acceptors (Lipinski definition) is 3. The van der Waals surface area contributed by atoms with E-state index in [-0.39, 0.29) is 5.91 Å². The fourth-order valence-corrected chi connectivity index (χ4v) is 3.49. The summed E-state index contributed by atoms with van der Waals surface area (Å²) in [5, 5.41) is 4.35. The predicted octanol–water partition coefficient (Wildman–Crippen LogP) is 3.16. The van der Waals surface area contributed by atoms with Crippen molar-refractivity contribution in [2.24, 2.45) is 16.9 Å². The zero-order chi connectivity index (χ0) is 13.8. The van der Waals surface area contributed by atoms with E-state index in [1.54, 1.807) is 24.5 Å². The second-order valence-corrected chi connectivity index (χ2v) is 5.90. The predicted molar refractivity (Wildman–Crippen MR) is 78.4 cm³/mol. The number of carbonyl (C=O) groups is 1. The molecule has 1 amide bonds. The number of hydrazone groups is 1. The van der Waals surface area contributed by atoms with Crippen molar-refractivity contribution >= 4 is 11.6 Å². The summed E-state index contributed by atoms with van der Waals surface area (Å²) in [5.41, 5.74) is 4.46. The highest BCUT2D eigenvalue weighted by molar-refractivity contribution is 5.95. The highest BCUT2D eigenvalue weighted by Crippen LogP contribution is 2.39. The highest BCUT2D eigenvalue weighted by atomic mass is 16.2. The number of hydrogen-bond donors (Lipinski definition) is 1. The van der Waals surface area contributed by atoms with Gasteiger partial charge in [-0.1, -0.05) is 19.3 Å². The Balaban J connectivity index is 1.58. The summed E-state index contributed by atoms with van der Waals surface area (Å²) in [7, 11) is 0. The summed E-state index contributed by atoms with van der Waals surface area (Å²) in [6, 6.07) is 3.40. The first-order chi connectivity index (χ1) is 9.83. The minimum Gasteiger partial charge on any atom is -0.267 e. The van der Waals surface area contributed by atoms with Crippen LogP contribution in [0.15, 0.2) is 29.6 Å². The highest BCUT2D eigenvalue weighted by Gasteiger charge is 2.30. The van der Waals surface area contributed by atoms with Crippen LogP contribution >= 0.6 is 0 Å². The monoisotopic (exact) mass is 271 g/mol. The van der Waals surface area contributed by atoms with E-state index in [2.05, 4.69) is 15.5 Å². The molecular weight excluding hydrogens is 250 g/mol. The van der Waals surface area contributed by atoms with E-state index >= 15 is 0 Å². The first kappa shape index (κ1) is 13.3. The molecule has 4 nitrogen and oxygen atoms in total. The Morgan fingerprint density at radius 1 is 1.15 bits per heavy atom. The SMILES string of the molecule is O=C(N/N=C1/CC[C@@H]2CCCC[C@@H]2C1)c1ccncc1. The standard InChI is InChI=1S/C16H21N3O/c20-16(13-7-9-17-10-8-13)19-18-15-6-5-12-3-1-2-4-14(12)11-15/h7-10,12,14H,1-6,11H2,(H,19,20)/b18-15-/t12-,14+/m0/s1. The minimum atomic E-state index is -0.148. The van der Waals surface area contributed by atoms with Gasteiger partial charge in [-0.25, -0.2) is 5.43 Å². The van der Waals surface area contributed by atoms with E-state index in [4.69, 9.17) is 0 Å². The smallest absolute Gasteiger partial charge is 0.267 e. The van der Waals surface area contributed by atoms with Gasteiger partial charge in [0.1, 0.15) is 0 Å². The fourth-order valence-electron chi connectivity index (χ4n) is 3.49. The molecule has 4 heteroatoms.